The van der Waals surface area contributed by atoms with Crippen molar-refractivity contribution in [2.24, 2.45) is 0 Å². The second-order valence-corrected chi connectivity index (χ2v) is 7.83. The van der Waals surface area contributed by atoms with Gasteiger partial charge in [0.1, 0.15) is 11.8 Å². The summed E-state index contributed by atoms with van der Waals surface area (Å²) >= 11 is 0. The molecule has 0 aliphatic rings. The average Bonchev–Trinajstić information content (AvgIpc) is 3.23. The lowest BCUT2D eigenvalue weighted by molar-refractivity contribution is 1.13. The first kappa shape index (κ1) is 19.0. The van der Waals surface area contributed by atoms with Crippen LogP contribution in [0.15, 0.2) is 109 Å². The third-order valence-corrected chi connectivity index (χ3v) is 5.87. The van der Waals surface area contributed by atoms with Crippen LogP contribution >= 0.6 is 0 Å². The van der Waals surface area contributed by atoms with Crippen molar-refractivity contribution < 1.29 is 0 Å². The molecular formula is C29H18N4. The number of hydrogen-bond donors (Lipinski definition) is 0. The van der Waals surface area contributed by atoms with Crippen molar-refractivity contribution in [2.75, 3.05) is 0 Å². The van der Waals surface area contributed by atoms with Gasteiger partial charge >= 0.3 is 0 Å². The minimum atomic E-state index is 0.343. The molecular weight excluding hydrogens is 404 g/mol. The second-order valence-electron chi connectivity index (χ2n) is 7.83. The van der Waals surface area contributed by atoms with Crippen LogP contribution in [0.5, 0.6) is 0 Å². The van der Waals surface area contributed by atoms with Crippen molar-refractivity contribution in [3.05, 3.63) is 115 Å². The molecule has 0 atom stereocenters. The van der Waals surface area contributed by atoms with Crippen LogP contribution < -0.4 is 0 Å². The van der Waals surface area contributed by atoms with E-state index in [4.69, 9.17) is 4.98 Å². The lowest BCUT2D eigenvalue weighted by Gasteiger charge is -2.14. The quantitative estimate of drug-likeness (QED) is 0.316. The number of nitriles is 1. The standard InChI is InChI=1S/C29H18N4/c30-19-21-18-25(32-29(31-21)20-10-2-1-3-11-20)24-14-6-9-17-28(24)33-26-15-7-4-12-22(26)23-13-5-8-16-27(23)33/h1-18H. The first-order chi connectivity index (χ1) is 16.3. The molecule has 0 aliphatic carbocycles. The Morgan fingerprint density at radius 2 is 1.24 bits per heavy atom. The lowest BCUT2D eigenvalue weighted by atomic mass is 10.1. The van der Waals surface area contributed by atoms with Crippen molar-refractivity contribution in [2.45, 2.75) is 0 Å². The molecule has 0 fully saturated rings. The Morgan fingerprint density at radius 3 is 1.94 bits per heavy atom. The Kier molecular flexibility index (Phi) is 4.45. The van der Waals surface area contributed by atoms with E-state index in [9.17, 15) is 5.26 Å². The van der Waals surface area contributed by atoms with Gasteiger partial charge in [0.15, 0.2) is 5.82 Å². The molecule has 0 radical (unpaired) electrons. The molecule has 4 nitrogen and oxygen atoms in total. The zero-order valence-corrected chi connectivity index (χ0v) is 17.7. The topological polar surface area (TPSA) is 54.5 Å². The summed E-state index contributed by atoms with van der Waals surface area (Å²) in [6.07, 6.45) is 0. The van der Waals surface area contributed by atoms with Crippen molar-refractivity contribution in [3.8, 4) is 34.4 Å². The Morgan fingerprint density at radius 1 is 0.636 bits per heavy atom. The Bertz CT molecular complexity index is 1620. The van der Waals surface area contributed by atoms with Crippen molar-refractivity contribution in [3.63, 3.8) is 0 Å². The van der Waals surface area contributed by atoms with Crippen LogP contribution in [0.2, 0.25) is 0 Å². The van der Waals surface area contributed by atoms with Gasteiger partial charge in [-0.25, -0.2) is 9.97 Å². The summed E-state index contributed by atoms with van der Waals surface area (Å²) in [5.74, 6) is 0.543. The molecule has 0 unspecified atom stereocenters. The fraction of sp³-hybridized carbons (Fsp3) is 0. The van der Waals surface area contributed by atoms with Gasteiger partial charge in [0.2, 0.25) is 0 Å². The van der Waals surface area contributed by atoms with E-state index in [1.807, 2.05) is 42.5 Å². The van der Waals surface area contributed by atoms with Crippen molar-refractivity contribution >= 4 is 21.8 Å². The number of nitrogens with zero attached hydrogens (tertiary/aromatic N) is 4. The smallest absolute Gasteiger partial charge is 0.161 e. The predicted octanol–water partition coefficient (Wildman–Crippen LogP) is 6.78. The van der Waals surface area contributed by atoms with E-state index >= 15 is 0 Å². The molecule has 6 rings (SSSR count). The van der Waals surface area contributed by atoms with Crippen molar-refractivity contribution in [1.82, 2.24) is 14.5 Å². The van der Waals surface area contributed by atoms with Crippen LogP contribution in [-0.2, 0) is 0 Å². The molecule has 154 valence electrons. The Hall–Kier alpha value is -4.75. The van der Waals surface area contributed by atoms with E-state index in [2.05, 4.69) is 76.3 Å². The molecule has 4 aromatic carbocycles. The first-order valence-corrected chi connectivity index (χ1v) is 10.8. The number of rotatable bonds is 3. The van der Waals surface area contributed by atoms with E-state index in [1.54, 1.807) is 6.07 Å². The Labute approximate surface area is 191 Å². The van der Waals surface area contributed by atoms with Gasteiger partial charge in [-0.05, 0) is 18.2 Å². The van der Waals surface area contributed by atoms with E-state index in [0.29, 0.717) is 11.5 Å². The summed E-state index contributed by atoms with van der Waals surface area (Å²) < 4.78 is 2.27. The normalized spacial score (nSPS) is 11.0. The predicted molar refractivity (Wildman–Crippen MR) is 132 cm³/mol. The number of benzene rings is 4. The lowest BCUT2D eigenvalue weighted by Crippen LogP contribution is -2.00. The molecule has 6 aromatic rings. The summed E-state index contributed by atoms with van der Waals surface area (Å²) in [4.78, 5) is 9.34. The molecule has 2 heterocycles. The summed E-state index contributed by atoms with van der Waals surface area (Å²) in [6, 6.07) is 38.8. The summed E-state index contributed by atoms with van der Waals surface area (Å²) in [7, 11) is 0. The zero-order valence-electron chi connectivity index (χ0n) is 17.7. The van der Waals surface area contributed by atoms with Crippen molar-refractivity contribution in [1.29, 1.82) is 5.26 Å². The third kappa shape index (κ3) is 3.15. The maximum absolute atomic E-state index is 9.67. The van der Waals surface area contributed by atoms with E-state index < -0.39 is 0 Å². The fourth-order valence-corrected chi connectivity index (χ4v) is 4.43. The summed E-state index contributed by atoms with van der Waals surface area (Å²) in [5, 5.41) is 12.1. The summed E-state index contributed by atoms with van der Waals surface area (Å²) in [6.45, 7) is 0. The maximum Gasteiger partial charge on any atom is 0.161 e. The maximum atomic E-state index is 9.67. The second kappa shape index (κ2) is 7.74. The number of hydrogen-bond acceptors (Lipinski definition) is 3. The van der Waals surface area contributed by atoms with Gasteiger partial charge in [0.05, 0.1) is 22.4 Å². The number of aromatic nitrogens is 3. The van der Waals surface area contributed by atoms with Gasteiger partial charge in [0.25, 0.3) is 0 Å². The number of para-hydroxylation sites is 3. The highest BCUT2D eigenvalue weighted by atomic mass is 15.0. The zero-order chi connectivity index (χ0) is 22.2. The largest absolute Gasteiger partial charge is 0.309 e. The molecule has 0 aliphatic heterocycles. The SMILES string of the molecule is N#Cc1cc(-c2ccccc2-n2c3ccccc3c3ccccc32)nc(-c2ccccc2)n1. The van der Waals surface area contributed by atoms with Crippen LogP contribution in [0, 0.1) is 11.3 Å². The number of fused-ring (bicyclic) bond motifs is 3. The van der Waals surface area contributed by atoms with Gasteiger partial charge in [-0.1, -0.05) is 84.9 Å². The van der Waals surface area contributed by atoms with Crippen LogP contribution in [0.1, 0.15) is 5.69 Å². The monoisotopic (exact) mass is 422 g/mol. The van der Waals surface area contributed by atoms with E-state index in [0.717, 1.165) is 33.5 Å². The molecule has 33 heavy (non-hydrogen) atoms. The van der Waals surface area contributed by atoms with Gasteiger partial charge in [-0.2, -0.15) is 5.26 Å². The van der Waals surface area contributed by atoms with Gasteiger partial charge in [-0.15, -0.1) is 0 Å². The molecule has 0 amide bonds. The molecule has 0 N–H and O–H groups in total. The first-order valence-electron chi connectivity index (χ1n) is 10.8. The average molecular weight is 422 g/mol. The van der Waals surface area contributed by atoms with Gasteiger partial charge in [-0.3, -0.25) is 0 Å². The van der Waals surface area contributed by atoms with Gasteiger partial charge < -0.3 is 4.57 Å². The minimum Gasteiger partial charge on any atom is -0.309 e. The third-order valence-electron chi connectivity index (χ3n) is 5.87. The highest BCUT2D eigenvalue weighted by molar-refractivity contribution is 6.09. The molecule has 0 bridgehead atoms. The van der Waals surface area contributed by atoms with Gasteiger partial charge in [0, 0.05) is 28.0 Å². The van der Waals surface area contributed by atoms with Crippen LogP contribution in [0.25, 0.3) is 50.1 Å². The highest BCUT2D eigenvalue weighted by Crippen LogP contribution is 2.35. The molecule has 0 saturated carbocycles. The van der Waals surface area contributed by atoms with E-state index in [1.165, 1.54) is 10.8 Å². The highest BCUT2D eigenvalue weighted by Gasteiger charge is 2.17. The molecule has 0 spiro atoms. The van der Waals surface area contributed by atoms with Crippen LogP contribution in [0.4, 0.5) is 0 Å². The minimum absolute atomic E-state index is 0.343. The van der Waals surface area contributed by atoms with Crippen LogP contribution in [-0.4, -0.2) is 14.5 Å². The molecule has 4 heteroatoms. The van der Waals surface area contributed by atoms with E-state index in [-0.39, 0.29) is 0 Å². The molecule has 2 aromatic heterocycles. The van der Waals surface area contributed by atoms with Crippen LogP contribution in [0.3, 0.4) is 0 Å². The fourth-order valence-electron chi connectivity index (χ4n) is 4.43. The molecule has 0 saturated heterocycles. The Balaban J connectivity index is 1.65. The summed E-state index contributed by atoms with van der Waals surface area (Å²) in [5.41, 5.74) is 6.16.